The molecule has 0 saturated heterocycles. The molecule has 1 nitrogen and oxygen atoms in total. The van der Waals surface area contributed by atoms with E-state index in [2.05, 4.69) is 0 Å². The second-order valence-electron chi connectivity index (χ2n) is 4.19. The Morgan fingerprint density at radius 1 is 1.43 bits per heavy atom. The lowest BCUT2D eigenvalue weighted by Crippen LogP contribution is -2.20. The zero-order chi connectivity index (χ0) is 9.97. The molecule has 1 atom stereocenters. The van der Waals surface area contributed by atoms with Crippen LogP contribution in [0.5, 0.6) is 0 Å². The number of hydrogen-bond acceptors (Lipinski definition) is 1. The Labute approximate surface area is 84.1 Å². The summed E-state index contributed by atoms with van der Waals surface area (Å²) in [7, 11) is 0. The van der Waals surface area contributed by atoms with Crippen LogP contribution in [-0.4, -0.2) is 0 Å². The second-order valence-corrected chi connectivity index (χ2v) is 4.19. The van der Waals surface area contributed by atoms with E-state index >= 15 is 0 Å². The van der Waals surface area contributed by atoms with Crippen LogP contribution >= 0.6 is 0 Å². The Hall–Kier alpha value is -0.890. The third-order valence-electron chi connectivity index (χ3n) is 3.09. The molecule has 2 N–H and O–H groups in total. The second kappa shape index (κ2) is 4.09. The summed E-state index contributed by atoms with van der Waals surface area (Å²) < 4.78 is 12.9. The number of nitrogens with two attached hydrogens (primary N) is 1. The summed E-state index contributed by atoms with van der Waals surface area (Å²) in [5.74, 6) is 0.583. The van der Waals surface area contributed by atoms with Gasteiger partial charge in [-0.3, -0.25) is 0 Å². The van der Waals surface area contributed by atoms with Gasteiger partial charge in [-0.15, -0.1) is 0 Å². The number of benzene rings is 1. The van der Waals surface area contributed by atoms with Crippen molar-refractivity contribution in [2.75, 3.05) is 0 Å². The minimum atomic E-state index is -0.188. The summed E-state index contributed by atoms with van der Waals surface area (Å²) in [6.07, 6.45) is 4.93. The molecule has 0 aliphatic heterocycles. The molecule has 0 heterocycles. The van der Waals surface area contributed by atoms with Crippen molar-refractivity contribution in [2.24, 2.45) is 11.7 Å². The molecule has 1 saturated carbocycles. The van der Waals surface area contributed by atoms with E-state index in [1.54, 1.807) is 12.1 Å². The molecule has 0 bridgehead atoms. The maximum atomic E-state index is 12.9. The predicted molar refractivity (Wildman–Crippen MR) is 55.3 cm³/mol. The van der Waals surface area contributed by atoms with Gasteiger partial charge in [-0.05, 0) is 30.0 Å². The van der Waals surface area contributed by atoms with Crippen LogP contribution in [-0.2, 0) is 0 Å². The van der Waals surface area contributed by atoms with Gasteiger partial charge in [0, 0.05) is 6.04 Å². The molecule has 2 heteroatoms. The fourth-order valence-electron chi connectivity index (χ4n) is 1.96. The predicted octanol–water partition coefficient (Wildman–Crippen LogP) is 3.02. The molecule has 1 aliphatic carbocycles. The highest BCUT2D eigenvalue weighted by Crippen LogP contribution is 2.33. The fourth-order valence-corrected chi connectivity index (χ4v) is 1.96. The molecule has 2 rings (SSSR count). The van der Waals surface area contributed by atoms with Gasteiger partial charge < -0.3 is 5.73 Å². The van der Waals surface area contributed by atoms with Crippen LogP contribution in [0.25, 0.3) is 0 Å². The minimum absolute atomic E-state index is 0.0102. The first kappa shape index (κ1) is 9.66. The Kier molecular flexibility index (Phi) is 2.82. The van der Waals surface area contributed by atoms with Crippen LogP contribution in [0, 0.1) is 11.7 Å². The highest BCUT2D eigenvalue weighted by atomic mass is 19.1. The Balaban J connectivity index is 1.98. The average molecular weight is 193 g/mol. The van der Waals surface area contributed by atoms with Crippen molar-refractivity contribution in [1.29, 1.82) is 0 Å². The average Bonchev–Trinajstić information content (AvgIpc) is 2.11. The van der Waals surface area contributed by atoms with Gasteiger partial charge in [0.1, 0.15) is 5.82 Å². The first-order valence-electron chi connectivity index (χ1n) is 5.27. The lowest BCUT2D eigenvalue weighted by atomic mass is 9.80. The highest BCUT2D eigenvalue weighted by molar-refractivity contribution is 5.19. The molecule has 0 unspecified atom stereocenters. The third-order valence-corrected chi connectivity index (χ3v) is 3.09. The fraction of sp³-hybridized carbons (Fsp3) is 0.500. The zero-order valence-corrected chi connectivity index (χ0v) is 8.25. The molecule has 1 fully saturated rings. The lowest BCUT2D eigenvalue weighted by Gasteiger charge is -2.28. The van der Waals surface area contributed by atoms with E-state index in [4.69, 9.17) is 5.73 Å². The summed E-state index contributed by atoms with van der Waals surface area (Å²) in [6.45, 7) is 0. The van der Waals surface area contributed by atoms with Gasteiger partial charge >= 0.3 is 0 Å². The third kappa shape index (κ3) is 2.13. The van der Waals surface area contributed by atoms with Crippen molar-refractivity contribution in [3.05, 3.63) is 35.6 Å². The van der Waals surface area contributed by atoms with Crippen molar-refractivity contribution < 1.29 is 4.39 Å². The topological polar surface area (TPSA) is 26.0 Å². The molecule has 0 aromatic heterocycles. The largest absolute Gasteiger partial charge is 0.324 e. The quantitative estimate of drug-likeness (QED) is 0.784. The maximum absolute atomic E-state index is 12.9. The summed E-state index contributed by atoms with van der Waals surface area (Å²) in [5, 5.41) is 0. The summed E-state index contributed by atoms with van der Waals surface area (Å²) >= 11 is 0. The monoisotopic (exact) mass is 193 g/mol. The molecule has 0 spiro atoms. The Morgan fingerprint density at radius 2 is 2.21 bits per heavy atom. The van der Waals surface area contributed by atoms with Crippen LogP contribution in [0.1, 0.15) is 37.3 Å². The van der Waals surface area contributed by atoms with Crippen molar-refractivity contribution in [2.45, 2.75) is 31.7 Å². The van der Waals surface area contributed by atoms with Gasteiger partial charge in [0.05, 0.1) is 0 Å². The van der Waals surface area contributed by atoms with Gasteiger partial charge in [-0.1, -0.05) is 31.4 Å². The van der Waals surface area contributed by atoms with E-state index in [1.807, 2.05) is 6.07 Å². The Morgan fingerprint density at radius 3 is 2.79 bits per heavy atom. The van der Waals surface area contributed by atoms with Crippen LogP contribution < -0.4 is 5.73 Å². The SMILES string of the molecule is N[C@H](CC1CCC1)c1cccc(F)c1. The van der Waals surface area contributed by atoms with Crippen molar-refractivity contribution in [1.82, 2.24) is 0 Å². The van der Waals surface area contributed by atoms with Gasteiger partial charge in [-0.25, -0.2) is 4.39 Å². The van der Waals surface area contributed by atoms with Crippen LogP contribution in [0.2, 0.25) is 0 Å². The van der Waals surface area contributed by atoms with E-state index < -0.39 is 0 Å². The van der Waals surface area contributed by atoms with E-state index in [0.717, 1.165) is 17.9 Å². The molecular formula is C12H16FN. The minimum Gasteiger partial charge on any atom is -0.324 e. The van der Waals surface area contributed by atoms with Crippen molar-refractivity contribution in [3.8, 4) is 0 Å². The lowest BCUT2D eigenvalue weighted by molar-refractivity contribution is 0.277. The molecule has 1 aliphatic rings. The van der Waals surface area contributed by atoms with Crippen LogP contribution in [0.4, 0.5) is 4.39 Å². The normalized spacial score (nSPS) is 19.0. The molecule has 1 aromatic rings. The highest BCUT2D eigenvalue weighted by Gasteiger charge is 2.20. The van der Waals surface area contributed by atoms with Crippen LogP contribution in [0.3, 0.4) is 0 Å². The first-order chi connectivity index (χ1) is 6.75. The maximum Gasteiger partial charge on any atom is 0.123 e. The number of rotatable bonds is 3. The summed E-state index contributed by atoms with van der Waals surface area (Å²) in [4.78, 5) is 0. The summed E-state index contributed by atoms with van der Waals surface area (Å²) in [5.41, 5.74) is 6.94. The standard InChI is InChI=1S/C12H16FN/c13-11-6-2-5-10(8-11)12(14)7-9-3-1-4-9/h2,5-6,8-9,12H,1,3-4,7,14H2/t12-/m1/s1. The summed E-state index contributed by atoms with van der Waals surface area (Å²) in [6, 6.07) is 6.65. The van der Waals surface area contributed by atoms with Crippen molar-refractivity contribution >= 4 is 0 Å². The van der Waals surface area contributed by atoms with E-state index in [-0.39, 0.29) is 11.9 Å². The van der Waals surface area contributed by atoms with Gasteiger partial charge in [0.15, 0.2) is 0 Å². The number of hydrogen-bond donors (Lipinski definition) is 1. The van der Waals surface area contributed by atoms with E-state index in [1.165, 1.54) is 25.3 Å². The van der Waals surface area contributed by atoms with E-state index in [9.17, 15) is 4.39 Å². The van der Waals surface area contributed by atoms with Crippen LogP contribution in [0.15, 0.2) is 24.3 Å². The van der Waals surface area contributed by atoms with E-state index in [0.29, 0.717) is 0 Å². The first-order valence-corrected chi connectivity index (χ1v) is 5.27. The van der Waals surface area contributed by atoms with Gasteiger partial charge in [0.25, 0.3) is 0 Å². The molecule has 76 valence electrons. The number of halogens is 1. The zero-order valence-electron chi connectivity index (χ0n) is 8.25. The molecule has 0 radical (unpaired) electrons. The molecular weight excluding hydrogens is 177 g/mol. The Bertz CT molecular complexity index is 307. The molecule has 1 aromatic carbocycles. The molecule has 14 heavy (non-hydrogen) atoms. The van der Waals surface area contributed by atoms with Crippen molar-refractivity contribution in [3.63, 3.8) is 0 Å². The van der Waals surface area contributed by atoms with Gasteiger partial charge in [0.2, 0.25) is 0 Å². The smallest absolute Gasteiger partial charge is 0.123 e. The van der Waals surface area contributed by atoms with Gasteiger partial charge in [-0.2, -0.15) is 0 Å². The molecule has 0 amide bonds.